The Kier molecular flexibility index (Phi) is 4.01. The maximum Gasteiger partial charge on any atom is 0.364 e. The molecule has 0 spiro atoms. The zero-order chi connectivity index (χ0) is 15.0. The predicted octanol–water partition coefficient (Wildman–Crippen LogP) is -3.61. The van der Waals surface area contributed by atoms with Crippen molar-refractivity contribution in [2.45, 2.75) is 43.5 Å². The van der Waals surface area contributed by atoms with E-state index in [1.807, 2.05) is 0 Å². The van der Waals surface area contributed by atoms with Gasteiger partial charge >= 0.3 is 5.97 Å². The number of ether oxygens (including phenoxy) is 1. The summed E-state index contributed by atoms with van der Waals surface area (Å²) in [5, 5.41) is 37.7. The summed E-state index contributed by atoms with van der Waals surface area (Å²) in [7, 11) is 0. The second kappa shape index (κ2) is 5.42. The van der Waals surface area contributed by atoms with Crippen LogP contribution < -0.4 is 0 Å². The first-order valence-electron chi connectivity index (χ1n) is 5.78. The Morgan fingerprint density at radius 3 is 2.15 bits per heavy atom. The number of amides is 2. The van der Waals surface area contributed by atoms with Crippen LogP contribution in [0.2, 0.25) is 0 Å². The van der Waals surface area contributed by atoms with Gasteiger partial charge in [-0.15, -0.1) is 5.06 Å². The summed E-state index contributed by atoms with van der Waals surface area (Å²) in [6.07, 6.45) is -9.51. The summed E-state index contributed by atoms with van der Waals surface area (Å²) < 4.78 is 4.60. The van der Waals surface area contributed by atoms with E-state index >= 15 is 0 Å². The average Bonchev–Trinajstić information content (AvgIpc) is 2.72. The molecule has 0 radical (unpaired) electrons. The van der Waals surface area contributed by atoms with Gasteiger partial charge in [0.1, 0.15) is 18.3 Å². The van der Waals surface area contributed by atoms with Crippen molar-refractivity contribution in [3.8, 4) is 0 Å². The molecule has 2 fully saturated rings. The molecule has 0 aromatic carbocycles. The fraction of sp³-hybridized carbons (Fsp3) is 0.700. The number of carbonyl (C=O) groups excluding carboxylic acids is 3. The van der Waals surface area contributed by atoms with Gasteiger partial charge in [-0.05, 0) is 0 Å². The molecule has 0 aliphatic carbocycles. The largest absolute Gasteiger partial charge is 0.387 e. The molecule has 0 saturated carbocycles. The minimum absolute atomic E-state index is 0.107. The van der Waals surface area contributed by atoms with E-state index in [4.69, 9.17) is 0 Å². The summed E-state index contributed by atoms with van der Waals surface area (Å²) in [6.45, 7) is 0. The predicted molar refractivity (Wildman–Crippen MR) is 56.1 cm³/mol. The van der Waals surface area contributed by atoms with Crippen molar-refractivity contribution in [2.24, 2.45) is 0 Å². The lowest BCUT2D eigenvalue weighted by atomic mass is 9.99. The molecule has 0 aromatic heterocycles. The Morgan fingerprint density at radius 1 is 1.05 bits per heavy atom. The van der Waals surface area contributed by atoms with Gasteiger partial charge < -0.3 is 30.0 Å². The van der Waals surface area contributed by atoms with Crippen molar-refractivity contribution in [2.75, 3.05) is 0 Å². The first-order valence-corrected chi connectivity index (χ1v) is 5.78. The molecule has 1 unspecified atom stereocenters. The Bertz CT molecular complexity index is 422. The average molecular weight is 291 g/mol. The van der Waals surface area contributed by atoms with Crippen LogP contribution in [0.5, 0.6) is 0 Å². The van der Waals surface area contributed by atoms with Crippen LogP contribution in [0.15, 0.2) is 0 Å². The smallest absolute Gasteiger partial charge is 0.364 e. The zero-order valence-electron chi connectivity index (χ0n) is 10.1. The lowest BCUT2D eigenvalue weighted by Crippen LogP contribution is -2.60. The van der Waals surface area contributed by atoms with Gasteiger partial charge in [-0.2, -0.15) is 0 Å². The van der Waals surface area contributed by atoms with Gasteiger partial charge in [0.2, 0.25) is 0 Å². The summed E-state index contributed by atoms with van der Waals surface area (Å²) in [5.41, 5.74) is 0. The van der Waals surface area contributed by atoms with Crippen LogP contribution >= 0.6 is 0 Å². The lowest BCUT2D eigenvalue weighted by Gasteiger charge is -2.36. The molecular weight excluding hydrogens is 278 g/mol. The third kappa shape index (κ3) is 2.51. The molecule has 0 bridgehead atoms. The SMILES string of the molecule is O=C(ON1C(=O)CCC1=O)[C@H]1OC(O)[C@H](O)[C@@H](O)[C@@H]1O. The molecule has 0 aromatic rings. The Hall–Kier alpha value is -1.59. The highest BCUT2D eigenvalue weighted by Gasteiger charge is 2.48. The number of carbonyl (C=O) groups is 3. The quantitative estimate of drug-likeness (QED) is 0.377. The fourth-order valence-electron chi connectivity index (χ4n) is 1.86. The molecule has 2 aliphatic heterocycles. The summed E-state index contributed by atoms with van der Waals surface area (Å²) in [5.74, 6) is -2.80. The Morgan fingerprint density at radius 2 is 1.60 bits per heavy atom. The van der Waals surface area contributed by atoms with E-state index in [1.54, 1.807) is 0 Å². The minimum Gasteiger partial charge on any atom is -0.387 e. The fourth-order valence-corrected chi connectivity index (χ4v) is 1.86. The van der Waals surface area contributed by atoms with Crippen LogP contribution in [0.3, 0.4) is 0 Å². The molecule has 112 valence electrons. The van der Waals surface area contributed by atoms with Crippen LogP contribution in [-0.2, 0) is 24.0 Å². The number of imide groups is 1. The molecule has 5 atom stereocenters. The molecule has 2 saturated heterocycles. The second-order valence-corrected chi connectivity index (χ2v) is 4.41. The van der Waals surface area contributed by atoms with Gasteiger partial charge in [0, 0.05) is 12.8 Å². The molecule has 10 nitrogen and oxygen atoms in total. The minimum atomic E-state index is -1.92. The zero-order valence-corrected chi connectivity index (χ0v) is 10.1. The summed E-state index contributed by atoms with van der Waals surface area (Å²) in [4.78, 5) is 38.7. The van der Waals surface area contributed by atoms with E-state index in [1.165, 1.54) is 0 Å². The molecular formula is C10H13NO9. The van der Waals surface area contributed by atoms with Crippen molar-refractivity contribution in [1.82, 2.24) is 5.06 Å². The van der Waals surface area contributed by atoms with Gasteiger partial charge in [-0.25, -0.2) is 4.79 Å². The van der Waals surface area contributed by atoms with Crippen molar-refractivity contribution in [3.05, 3.63) is 0 Å². The van der Waals surface area contributed by atoms with Crippen LogP contribution in [-0.4, -0.2) is 74.0 Å². The maximum atomic E-state index is 11.7. The molecule has 2 aliphatic rings. The van der Waals surface area contributed by atoms with Crippen molar-refractivity contribution < 1.29 is 44.4 Å². The summed E-state index contributed by atoms with van der Waals surface area (Å²) >= 11 is 0. The molecule has 2 rings (SSSR count). The number of hydroxylamine groups is 2. The number of aliphatic hydroxyl groups is 4. The lowest BCUT2D eigenvalue weighted by molar-refractivity contribution is -0.286. The van der Waals surface area contributed by atoms with E-state index in [9.17, 15) is 34.8 Å². The third-order valence-corrected chi connectivity index (χ3v) is 3.01. The van der Waals surface area contributed by atoms with Gasteiger partial charge in [-0.1, -0.05) is 0 Å². The standard InChI is InChI=1S/C10H13NO9/c12-3-1-2-4(13)11(3)20-10(18)8-6(15)5(14)7(16)9(17)19-8/h5-9,14-17H,1-2H2/t5-,6-,7+,8-,9?/m0/s1. The maximum absolute atomic E-state index is 11.7. The highest BCUT2D eigenvalue weighted by atomic mass is 16.7. The molecule has 2 heterocycles. The van der Waals surface area contributed by atoms with Gasteiger partial charge in [0.15, 0.2) is 12.4 Å². The number of nitrogens with zero attached hydrogens (tertiary/aromatic N) is 1. The molecule has 4 N–H and O–H groups in total. The van der Waals surface area contributed by atoms with E-state index in [0.29, 0.717) is 0 Å². The molecule has 20 heavy (non-hydrogen) atoms. The molecule has 2 amide bonds. The number of hydrogen-bond donors (Lipinski definition) is 4. The van der Waals surface area contributed by atoms with Crippen LogP contribution in [0.25, 0.3) is 0 Å². The van der Waals surface area contributed by atoms with E-state index in [-0.39, 0.29) is 17.9 Å². The van der Waals surface area contributed by atoms with E-state index in [2.05, 4.69) is 9.57 Å². The normalized spacial score (nSPS) is 38.2. The van der Waals surface area contributed by atoms with Crippen molar-refractivity contribution >= 4 is 17.8 Å². The molecule has 10 heteroatoms. The number of rotatable bonds is 2. The van der Waals surface area contributed by atoms with Crippen LogP contribution in [0.1, 0.15) is 12.8 Å². The number of hydrogen-bond acceptors (Lipinski definition) is 9. The van der Waals surface area contributed by atoms with E-state index < -0.39 is 48.5 Å². The second-order valence-electron chi connectivity index (χ2n) is 4.41. The highest BCUT2D eigenvalue weighted by molar-refractivity contribution is 6.01. The van der Waals surface area contributed by atoms with Crippen LogP contribution in [0.4, 0.5) is 0 Å². The third-order valence-electron chi connectivity index (χ3n) is 3.01. The van der Waals surface area contributed by atoms with E-state index in [0.717, 1.165) is 0 Å². The van der Waals surface area contributed by atoms with Crippen LogP contribution in [0, 0.1) is 0 Å². The first kappa shape index (κ1) is 14.8. The highest BCUT2D eigenvalue weighted by Crippen LogP contribution is 2.22. The van der Waals surface area contributed by atoms with Crippen molar-refractivity contribution in [1.29, 1.82) is 0 Å². The topological polar surface area (TPSA) is 154 Å². The Balaban J connectivity index is 2.05. The summed E-state index contributed by atoms with van der Waals surface area (Å²) in [6, 6.07) is 0. The van der Waals surface area contributed by atoms with Crippen molar-refractivity contribution in [3.63, 3.8) is 0 Å². The van der Waals surface area contributed by atoms with Gasteiger partial charge in [-0.3, -0.25) is 9.59 Å². The van der Waals surface area contributed by atoms with Gasteiger partial charge in [0.25, 0.3) is 11.8 Å². The monoisotopic (exact) mass is 291 g/mol. The first-order chi connectivity index (χ1) is 9.32. The Labute approximate surface area is 112 Å². The van der Waals surface area contributed by atoms with Gasteiger partial charge in [0.05, 0.1) is 0 Å². The number of aliphatic hydroxyl groups excluding tert-OH is 4.